The van der Waals surface area contributed by atoms with Crippen LogP contribution >= 0.6 is 0 Å². The zero-order chi connectivity index (χ0) is 17.9. The standard InChI is InChI=1S/C15H19N7O2S/c1-3-6-25(23,24)20-13-9-18-22(11-13)14-4-5-16-15(7-14)19-12-8-17-21(2)10-12/h4-5,7-11,20H,3,6H2,1-2H3,(H,16,19). The number of aromatic nitrogens is 5. The molecule has 0 aromatic carbocycles. The molecule has 3 aromatic rings. The van der Waals surface area contributed by atoms with Gasteiger partial charge in [0.1, 0.15) is 5.82 Å². The fourth-order valence-corrected chi connectivity index (χ4v) is 3.38. The molecule has 0 radical (unpaired) electrons. The normalized spacial score (nSPS) is 11.4. The van der Waals surface area contributed by atoms with Crippen LogP contribution in [-0.4, -0.2) is 38.7 Å². The first-order valence-corrected chi connectivity index (χ1v) is 9.37. The number of hydrogen-bond donors (Lipinski definition) is 2. The van der Waals surface area contributed by atoms with Gasteiger partial charge in [-0.1, -0.05) is 6.92 Å². The minimum atomic E-state index is -3.34. The maximum atomic E-state index is 11.8. The maximum absolute atomic E-state index is 11.8. The molecule has 0 saturated carbocycles. The minimum absolute atomic E-state index is 0.0760. The van der Waals surface area contributed by atoms with Gasteiger partial charge in [-0.2, -0.15) is 10.2 Å². The summed E-state index contributed by atoms with van der Waals surface area (Å²) in [4.78, 5) is 4.26. The van der Waals surface area contributed by atoms with E-state index in [1.54, 1.807) is 34.0 Å². The molecule has 0 unspecified atom stereocenters. The topological polar surface area (TPSA) is 107 Å². The first kappa shape index (κ1) is 17.0. The lowest BCUT2D eigenvalue weighted by molar-refractivity contribution is 0.600. The summed E-state index contributed by atoms with van der Waals surface area (Å²) < 4.78 is 29.4. The molecule has 10 heteroatoms. The molecular weight excluding hydrogens is 342 g/mol. The van der Waals surface area contributed by atoms with Crippen LogP contribution in [0.1, 0.15) is 13.3 Å². The van der Waals surface area contributed by atoms with E-state index >= 15 is 0 Å². The van der Waals surface area contributed by atoms with Gasteiger partial charge in [-0.05, 0) is 12.5 Å². The molecule has 3 heterocycles. The number of sulfonamides is 1. The first-order chi connectivity index (χ1) is 11.9. The third-order valence-electron chi connectivity index (χ3n) is 3.31. The van der Waals surface area contributed by atoms with Gasteiger partial charge in [-0.25, -0.2) is 18.1 Å². The van der Waals surface area contributed by atoms with Crippen LogP contribution in [-0.2, 0) is 17.1 Å². The van der Waals surface area contributed by atoms with Gasteiger partial charge in [0.15, 0.2) is 0 Å². The minimum Gasteiger partial charge on any atom is -0.338 e. The first-order valence-electron chi connectivity index (χ1n) is 7.72. The molecule has 0 aliphatic heterocycles. The van der Waals surface area contributed by atoms with Crippen molar-refractivity contribution < 1.29 is 8.42 Å². The molecule has 3 rings (SSSR count). The summed E-state index contributed by atoms with van der Waals surface area (Å²) in [5.74, 6) is 0.709. The number of aryl methyl sites for hydroxylation is 1. The van der Waals surface area contributed by atoms with Crippen LogP contribution in [0.25, 0.3) is 5.69 Å². The Balaban J connectivity index is 1.77. The van der Waals surface area contributed by atoms with Crippen LogP contribution in [0.5, 0.6) is 0 Å². The smallest absolute Gasteiger partial charge is 0.232 e. The van der Waals surface area contributed by atoms with Crippen molar-refractivity contribution in [3.05, 3.63) is 43.1 Å². The highest BCUT2D eigenvalue weighted by atomic mass is 32.2. The molecule has 0 atom stereocenters. The van der Waals surface area contributed by atoms with Crippen LogP contribution < -0.4 is 10.0 Å². The second-order valence-corrected chi connectivity index (χ2v) is 7.36. The summed E-state index contributed by atoms with van der Waals surface area (Å²) in [6, 6.07) is 3.59. The Morgan fingerprint density at radius 2 is 1.96 bits per heavy atom. The van der Waals surface area contributed by atoms with E-state index in [4.69, 9.17) is 0 Å². The van der Waals surface area contributed by atoms with Gasteiger partial charge >= 0.3 is 0 Å². The van der Waals surface area contributed by atoms with E-state index < -0.39 is 10.0 Å². The molecule has 0 aliphatic carbocycles. The average Bonchev–Trinajstić information content (AvgIpc) is 3.16. The van der Waals surface area contributed by atoms with Crippen molar-refractivity contribution in [3.8, 4) is 5.69 Å². The Morgan fingerprint density at radius 3 is 2.68 bits per heavy atom. The number of anilines is 3. The van der Waals surface area contributed by atoms with Gasteiger partial charge in [0, 0.05) is 25.5 Å². The van der Waals surface area contributed by atoms with E-state index in [0.717, 1.165) is 11.4 Å². The van der Waals surface area contributed by atoms with Crippen molar-refractivity contribution in [3.63, 3.8) is 0 Å². The number of nitrogens with zero attached hydrogens (tertiary/aromatic N) is 5. The molecule has 0 fully saturated rings. The van der Waals surface area contributed by atoms with E-state index in [2.05, 4.69) is 25.2 Å². The van der Waals surface area contributed by atoms with E-state index in [0.29, 0.717) is 17.9 Å². The van der Waals surface area contributed by atoms with Crippen molar-refractivity contribution in [1.29, 1.82) is 0 Å². The fraction of sp³-hybridized carbons (Fsp3) is 0.267. The van der Waals surface area contributed by atoms with Crippen LogP contribution in [0.3, 0.4) is 0 Å². The Kier molecular flexibility index (Phi) is 4.70. The van der Waals surface area contributed by atoms with Crippen molar-refractivity contribution in [1.82, 2.24) is 24.5 Å². The lowest BCUT2D eigenvalue weighted by Crippen LogP contribution is -2.15. The Labute approximate surface area is 145 Å². The van der Waals surface area contributed by atoms with E-state index in [1.165, 1.54) is 6.20 Å². The highest BCUT2D eigenvalue weighted by Crippen LogP contribution is 2.18. The quantitative estimate of drug-likeness (QED) is 0.665. The molecule has 0 aliphatic rings. The van der Waals surface area contributed by atoms with Crippen molar-refractivity contribution in [2.75, 3.05) is 15.8 Å². The largest absolute Gasteiger partial charge is 0.338 e. The van der Waals surface area contributed by atoms with Gasteiger partial charge in [-0.3, -0.25) is 9.40 Å². The summed E-state index contributed by atoms with van der Waals surface area (Å²) in [7, 11) is -1.50. The maximum Gasteiger partial charge on any atom is 0.232 e. The van der Waals surface area contributed by atoms with Gasteiger partial charge in [0.2, 0.25) is 10.0 Å². The molecule has 3 aromatic heterocycles. The Hall–Kier alpha value is -2.88. The Bertz CT molecular complexity index is 962. The number of pyridine rings is 1. The predicted octanol–water partition coefficient (Wildman–Crippen LogP) is 1.90. The lowest BCUT2D eigenvalue weighted by atomic mass is 10.4. The summed E-state index contributed by atoms with van der Waals surface area (Å²) in [6.07, 6.45) is 8.83. The van der Waals surface area contributed by atoms with Gasteiger partial charge in [0.25, 0.3) is 0 Å². The van der Waals surface area contributed by atoms with Crippen LogP contribution in [0, 0.1) is 0 Å². The molecule has 25 heavy (non-hydrogen) atoms. The molecule has 132 valence electrons. The second-order valence-electron chi connectivity index (χ2n) is 5.52. The predicted molar refractivity (Wildman–Crippen MR) is 95.6 cm³/mol. The molecule has 0 amide bonds. The molecule has 0 spiro atoms. The van der Waals surface area contributed by atoms with E-state index in [-0.39, 0.29) is 5.75 Å². The molecule has 9 nitrogen and oxygen atoms in total. The van der Waals surface area contributed by atoms with E-state index in [9.17, 15) is 8.42 Å². The highest BCUT2D eigenvalue weighted by molar-refractivity contribution is 7.92. The third kappa shape index (κ3) is 4.35. The van der Waals surface area contributed by atoms with Gasteiger partial charge in [0.05, 0.1) is 41.4 Å². The van der Waals surface area contributed by atoms with Gasteiger partial charge < -0.3 is 5.32 Å². The number of nitrogens with one attached hydrogen (secondary N) is 2. The van der Waals surface area contributed by atoms with Crippen molar-refractivity contribution in [2.45, 2.75) is 13.3 Å². The molecular formula is C15H19N7O2S. The fourth-order valence-electron chi connectivity index (χ4n) is 2.28. The highest BCUT2D eigenvalue weighted by Gasteiger charge is 2.11. The van der Waals surface area contributed by atoms with Crippen molar-refractivity contribution >= 4 is 27.2 Å². The summed E-state index contributed by atoms with van der Waals surface area (Å²) in [5, 5.41) is 11.4. The van der Waals surface area contributed by atoms with Crippen LogP contribution in [0.2, 0.25) is 0 Å². The number of rotatable bonds is 7. The summed E-state index contributed by atoms with van der Waals surface area (Å²) in [6.45, 7) is 1.82. The summed E-state index contributed by atoms with van der Waals surface area (Å²) >= 11 is 0. The third-order valence-corrected chi connectivity index (χ3v) is 4.81. The zero-order valence-corrected chi connectivity index (χ0v) is 14.7. The average molecular weight is 361 g/mol. The molecule has 2 N–H and O–H groups in total. The Morgan fingerprint density at radius 1 is 1.16 bits per heavy atom. The lowest BCUT2D eigenvalue weighted by Gasteiger charge is -2.06. The number of hydrogen-bond acceptors (Lipinski definition) is 6. The molecule has 0 bridgehead atoms. The second kappa shape index (κ2) is 6.93. The van der Waals surface area contributed by atoms with E-state index in [1.807, 2.05) is 26.2 Å². The van der Waals surface area contributed by atoms with Crippen LogP contribution in [0.15, 0.2) is 43.1 Å². The zero-order valence-electron chi connectivity index (χ0n) is 13.9. The monoisotopic (exact) mass is 361 g/mol. The van der Waals surface area contributed by atoms with Gasteiger partial charge in [-0.15, -0.1) is 0 Å². The summed E-state index contributed by atoms with van der Waals surface area (Å²) in [5.41, 5.74) is 2.00. The SMILES string of the molecule is CCCS(=O)(=O)Nc1cnn(-c2ccnc(Nc3cnn(C)c3)c2)c1. The van der Waals surface area contributed by atoms with Crippen LogP contribution in [0.4, 0.5) is 17.2 Å². The van der Waals surface area contributed by atoms with Crippen molar-refractivity contribution in [2.24, 2.45) is 7.05 Å². The molecule has 0 saturated heterocycles.